The van der Waals surface area contributed by atoms with Crippen LogP contribution in [0, 0.1) is 5.82 Å². The Bertz CT molecular complexity index is 702. The maximum absolute atomic E-state index is 13.3. The molecule has 8 heteroatoms. The largest absolute Gasteiger partial charge is 0.612 e. The van der Waals surface area contributed by atoms with Crippen molar-refractivity contribution in [1.29, 1.82) is 0 Å². The van der Waals surface area contributed by atoms with E-state index in [0.29, 0.717) is 10.5 Å². The summed E-state index contributed by atoms with van der Waals surface area (Å²) in [4.78, 5) is 25.5. The van der Waals surface area contributed by atoms with Gasteiger partial charge in [-0.2, -0.15) is 0 Å². The Labute approximate surface area is 142 Å². The lowest BCUT2D eigenvalue weighted by molar-refractivity contribution is -0.159. The van der Waals surface area contributed by atoms with Crippen molar-refractivity contribution in [3.63, 3.8) is 0 Å². The van der Waals surface area contributed by atoms with Gasteiger partial charge in [0.15, 0.2) is 4.90 Å². The van der Waals surface area contributed by atoms with Gasteiger partial charge in [-0.05, 0) is 23.3 Å². The number of benzene rings is 1. The Morgan fingerprint density at radius 3 is 2.62 bits per heavy atom. The van der Waals surface area contributed by atoms with Gasteiger partial charge in [0.1, 0.15) is 12.1 Å². The van der Waals surface area contributed by atoms with Crippen LogP contribution in [0.4, 0.5) is 4.39 Å². The summed E-state index contributed by atoms with van der Waals surface area (Å²) in [5.41, 5.74) is 0.557. The number of hydrogen-bond acceptors (Lipinski definition) is 5. The molecule has 24 heavy (non-hydrogen) atoms. The van der Waals surface area contributed by atoms with Gasteiger partial charge in [0, 0.05) is 32.5 Å². The van der Waals surface area contributed by atoms with Crippen LogP contribution >= 0.6 is 0 Å². The van der Waals surface area contributed by atoms with Crippen LogP contribution in [-0.4, -0.2) is 40.4 Å². The van der Waals surface area contributed by atoms with Crippen LogP contribution in [-0.2, 0) is 36.8 Å². The minimum absolute atomic E-state index is 0.107. The van der Waals surface area contributed by atoms with E-state index in [1.165, 1.54) is 36.4 Å². The van der Waals surface area contributed by atoms with E-state index in [0.717, 1.165) is 6.08 Å². The highest BCUT2D eigenvalue weighted by Crippen LogP contribution is 2.26. The summed E-state index contributed by atoms with van der Waals surface area (Å²) < 4.78 is 35.2. The van der Waals surface area contributed by atoms with Gasteiger partial charge in [-0.1, -0.05) is 0 Å². The molecule has 1 amide bonds. The molecule has 6 nitrogen and oxygen atoms in total. The summed E-state index contributed by atoms with van der Waals surface area (Å²) in [7, 11) is 1.51. The lowest BCUT2D eigenvalue weighted by Crippen LogP contribution is -2.26. The first-order chi connectivity index (χ1) is 11.1. The molecule has 1 aromatic carbocycles. The number of carbonyl (C=O) groups is 2. The second-order valence-corrected chi connectivity index (χ2v) is 7.15. The molecule has 1 fully saturated rings. The van der Waals surface area contributed by atoms with Gasteiger partial charge >= 0.3 is 5.97 Å². The predicted octanol–water partition coefficient (Wildman–Crippen LogP) is 1.71. The number of ether oxygens (including phenoxy) is 2. The summed E-state index contributed by atoms with van der Waals surface area (Å²) in [6.07, 6.45) is 2.48. The molecular weight excluding hydrogens is 337 g/mol. The maximum Gasteiger partial charge on any atom is 0.377 e. The van der Waals surface area contributed by atoms with Crippen molar-refractivity contribution < 1.29 is 28.0 Å². The van der Waals surface area contributed by atoms with Crippen LogP contribution in [0.1, 0.15) is 19.4 Å². The van der Waals surface area contributed by atoms with Gasteiger partial charge in [-0.15, -0.1) is 0 Å². The fraction of sp³-hybridized carbons (Fsp3) is 0.375. The molecule has 0 aliphatic carbocycles. The van der Waals surface area contributed by atoms with Gasteiger partial charge in [0.05, 0.1) is 12.6 Å². The molecule has 1 atom stereocenters. The molecular formula is C16H18FNO5S. The molecule has 1 unspecified atom stereocenters. The summed E-state index contributed by atoms with van der Waals surface area (Å²) >= 11 is -1.39. The molecule has 0 N–H and O–H groups in total. The normalized spacial score (nSPS) is 18.9. The number of esters is 1. The van der Waals surface area contributed by atoms with Crippen molar-refractivity contribution in [2.45, 2.75) is 31.1 Å². The number of amides is 1. The molecule has 0 bridgehead atoms. The van der Waals surface area contributed by atoms with Crippen LogP contribution in [0.15, 0.2) is 34.9 Å². The molecule has 2 rings (SSSR count). The molecule has 1 saturated heterocycles. The van der Waals surface area contributed by atoms with E-state index < -0.39 is 34.7 Å². The summed E-state index contributed by atoms with van der Waals surface area (Å²) in [5.74, 6) is -2.97. The molecule has 0 spiro atoms. The summed E-state index contributed by atoms with van der Waals surface area (Å²) in [6.45, 7) is 3.22. The number of carbonyl (C=O) groups excluding carboxylic acids is 2. The van der Waals surface area contributed by atoms with Crippen molar-refractivity contribution in [3.8, 4) is 0 Å². The van der Waals surface area contributed by atoms with E-state index in [-0.39, 0.29) is 12.3 Å². The highest BCUT2D eigenvalue weighted by molar-refractivity contribution is 7.90. The molecule has 1 aliphatic rings. The van der Waals surface area contributed by atoms with Crippen LogP contribution < -0.4 is 0 Å². The monoisotopic (exact) mass is 355 g/mol. The minimum Gasteiger partial charge on any atom is -0.612 e. The van der Waals surface area contributed by atoms with E-state index in [2.05, 4.69) is 0 Å². The molecule has 0 radical (unpaired) electrons. The second kappa shape index (κ2) is 6.82. The molecule has 1 heterocycles. The zero-order chi connectivity index (χ0) is 18.1. The number of likely N-dealkylation sites (N-methyl/N-ethyl adjacent to an activating group) is 1. The third-order valence-corrected chi connectivity index (χ3v) is 4.27. The lowest BCUT2D eigenvalue weighted by atomic mass is 10.2. The fourth-order valence-electron chi connectivity index (χ4n) is 2.17. The highest BCUT2D eigenvalue weighted by Gasteiger charge is 2.38. The SMILES string of the molecule is CN(Cc1ccc(F)cc1[S+](C)[O-])C(=O)C=C1OC(C)(C)OC1=O. The highest BCUT2D eigenvalue weighted by atomic mass is 32.2. The Hall–Kier alpha value is -2.06. The first kappa shape index (κ1) is 18.3. The molecule has 1 aromatic rings. The number of rotatable bonds is 4. The van der Waals surface area contributed by atoms with E-state index in [1.807, 2.05) is 0 Å². The van der Waals surface area contributed by atoms with Gasteiger partial charge in [-0.3, -0.25) is 4.79 Å². The zero-order valence-electron chi connectivity index (χ0n) is 13.8. The van der Waals surface area contributed by atoms with Crippen LogP contribution in [0.2, 0.25) is 0 Å². The van der Waals surface area contributed by atoms with Crippen molar-refractivity contribution in [2.24, 2.45) is 0 Å². The Kier molecular flexibility index (Phi) is 5.19. The number of halogens is 1. The zero-order valence-corrected chi connectivity index (χ0v) is 14.6. The van der Waals surface area contributed by atoms with Gasteiger partial charge in [0.25, 0.3) is 5.91 Å². The van der Waals surface area contributed by atoms with Gasteiger partial charge in [0.2, 0.25) is 11.5 Å². The standard InChI is InChI=1S/C16H18FNO5S/c1-16(2)22-12(15(20)23-16)8-14(19)18(3)9-10-5-6-11(17)7-13(10)24(4)21/h5-8H,9H2,1-4H3. The Morgan fingerprint density at radius 1 is 1.42 bits per heavy atom. The average Bonchev–Trinajstić information content (AvgIpc) is 2.72. The molecule has 0 aromatic heterocycles. The van der Waals surface area contributed by atoms with Crippen LogP contribution in [0.25, 0.3) is 0 Å². The van der Waals surface area contributed by atoms with Crippen LogP contribution in [0.5, 0.6) is 0 Å². The molecule has 130 valence electrons. The quantitative estimate of drug-likeness (QED) is 0.467. The van der Waals surface area contributed by atoms with Crippen molar-refractivity contribution in [1.82, 2.24) is 4.90 Å². The number of nitrogens with zero attached hydrogens (tertiary/aromatic N) is 1. The maximum atomic E-state index is 13.3. The van der Waals surface area contributed by atoms with E-state index in [1.54, 1.807) is 13.8 Å². The smallest absolute Gasteiger partial charge is 0.377 e. The lowest BCUT2D eigenvalue weighted by Gasteiger charge is -2.18. The van der Waals surface area contributed by atoms with E-state index in [9.17, 15) is 18.5 Å². The third-order valence-electron chi connectivity index (χ3n) is 3.27. The third kappa shape index (κ3) is 4.27. The first-order valence-electron chi connectivity index (χ1n) is 7.10. The summed E-state index contributed by atoms with van der Waals surface area (Å²) in [5, 5.41) is 0. The fourth-order valence-corrected chi connectivity index (χ4v) is 2.95. The van der Waals surface area contributed by atoms with Crippen molar-refractivity contribution in [3.05, 3.63) is 41.4 Å². The number of cyclic esters (lactones) is 1. The predicted molar refractivity (Wildman–Crippen MR) is 84.5 cm³/mol. The summed E-state index contributed by atoms with van der Waals surface area (Å²) in [6, 6.07) is 3.90. The Balaban J connectivity index is 2.14. The van der Waals surface area contributed by atoms with Gasteiger partial charge < -0.3 is 18.9 Å². The topological polar surface area (TPSA) is 78.9 Å². The number of hydrogen-bond donors (Lipinski definition) is 0. The molecule has 0 saturated carbocycles. The van der Waals surface area contributed by atoms with Crippen LogP contribution in [0.3, 0.4) is 0 Å². The Morgan fingerprint density at radius 2 is 2.08 bits per heavy atom. The first-order valence-corrected chi connectivity index (χ1v) is 8.66. The van der Waals surface area contributed by atoms with Gasteiger partial charge in [-0.25, -0.2) is 9.18 Å². The van der Waals surface area contributed by atoms with Crippen molar-refractivity contribution in [2.75, 3.05) is 13.3 Å². The van der Waals surface area contributed by atoms with E-state index in [4.69, 9.17) is 9.47 Å². The van der Waals surface area contributed by atoms with E-state index >= 15 is 0 Å². The second-order valence-electron chi connectivity index (χ2n) is 5.80. The minimum atomic E-state index is -1.39. The average molecular weight is 355 g/mol. The van der Waals surface area contributed by atoms with Crippen molar-refractivity contribution >= 4 is 23.1 Å². The molecule has 1 aliphatic heterocycles.